The monoisotopic (exact) mass is 866 g/mol. The summed E-state index contributed by atoms with van der Waals surface area (Å²) in [6, 6.07) is 24.5. The van der Waals surface area contributed by atoms with Crippen LogP contribution in [-0.4, -0.2) is 100.0 Å². The lowest BCUT2D eigenvalue weighted by molar-refractivity contribution is -0.462. The summed E-state index contributed by atoms with van der Waals surface area (Å²) >= 11 is 0. The largest absolute Gasteiger partial charge is 0.461 e. The first-order valence-electron chi connectivity index (χ1n) is 21.0. The first-order chi connectivity index (χ1) is 28.6. The van der Waals surface area contributed by atoms with E-state index < -0.39 is 8.07 Å². The molecule has 11 heteroatoms. The minimum atomic E-state index is -2.12. The SMILES string of the molecule is CN(CCCC(=O)CCC(C)(C)SSCOCCCCC(=O)OCc1ccccc1)C(=O)c1ccccc1C1=C2C=CC(=[N+](C)C)C=C2[Si](C)(C)c2cc(N(C)C)ccc21. The van der Waals surface area contributed by atoms with Gasteiger partial charge >= 0.3 is 5.97 Å². The molecule has 2 aliphatic rings. The van der Waals surface area contributed by atoms with E-state index in [4.69, 9.17) is 9.47 Å². The van der Waals surface area contributed by atoms with Gasteiger partial charge in [0.15, 0.2) is 5.71 Å². The molecule has 0 unspecified atom stereocenters. The van der Waals surface area contributed by atoms with E-state index in [9.17, 15) is 14.4 Å². The van der Waals surface area contributed by atoms with Gasteiger partial charge in [0.1, 0.15) is 40.5 Å². The van der Waals surface area contributed by atoms with Gasteiger partial charge in [0.05, 0.1) is 0 Å². The molecular weight excluding hydrogens is 803 g/mol. The molecule has 1 aliphatic heterocycles. The molecule has 0 saturated heterocycles. The molecule has 8 nitrogen and oxygen atoms in total. The molecule has 1 aliphatic carbocycles. The van der Waals surface area contributed by atoms with Crippen molar-refractivity contribution in [3.05, 3.63) is 124 Å². The van der Waals surface area contributed by atoms with Crippen LogP contribution in [0.5, 0.6) is 0 Å². The highest BCUT2D eigenvalue weighted by Gasteiger charge is 2.41. The number of hydrogen-bond acceptors (Lipinski definition) is 8. The van der Waals surface area contributed by atoms with Gasteiger partial charge in [0.2, 0.25) is 0 Å². The maximum atomic E-state index is 14.3. The lowest BCUT2D eigenvalue weighted by atomic mass is 9.87. The molecule has 3 aromatic carbocycles. The molecule has 5 rings (SSSR count). The van der Waals surface area contributed by atoms with Gasteiger partial charge in [-0.1, -0.05) is 89.3 Å². The third-order valence-corrected chi connectivity index (χ3v) is 17.8. The van der Waals surface area contributed by atoms with E-state index in [-0.39, 0.29) is 22.4 Å². The molecule has 0 atom stereocenters. The van der Waals surface area contributed by atoms with Crippen LogP contribution in [0.2, 0.25) is 13.1 Å². The Labute approximate surface area is 367 Å². The van der Waals surface area contributed by atoms with Gasteiger partial charge in [0, 0.05) is 81.7 Å². The Morgan fingerprint density at radius 3 is 2.30 bits per heavy atom. The Kier molecular flexibility index (Phi) is 16.9. The minimum absolute atomic E-state index is 0.0383. The van der Waals surface area contributed by atoms with Gasteiger partial charge in [0.25, 0.3) is 5.91 Å². The van der Waals surface area contributed by atoms with E-state index >= 15 is 0 Å². The Bertz CT molecular complexity index is 2140. The predicted molar refractivity (Wildman–Crippen MR) is 255 cm³/mol. The Morgan fingerprint density at radius 2 is 1.57 bits per heavy atom. The zero-order valence-corrected chi connectivity index (χ0v) is 39.8. The van der Waals surface area contributed by atoms with Crippen LogP contribution in [0.1, 0.15) is 85.8 Å². The number of amides is 1. The number of anilines is 1. The molecule has 1 heterocycles. The fourth-order valence-corrected chi connectivity index (χ4v) is 12.9. The van der Waals surface area contributed by atoms with Crippen molar-refractivity contribution in [3.63, 3.8) is 0 Å². The summed E-state index contributed by atoms with van der Waals surface area (Å²) in [4.78, 5) is 43.2. The zero-order valence-electron chi connectivity index (χ0n) is 37.1. The van der Waals surface area contributed by atoms with Gasteiger partial charge < -0.3 is 19.3 Å². The molecule has 0 saturated carbocycles. The highest BCUT2D eigenvalue weighted by Crippen LogP contribution is 2.43. The normalized spacial score (nSPS) is 14.3. The number of hydrogen-bond donors (Lipinski definition) is 0. The average Bonchev–Trinajstić information content (AvgIpc) is 3.23. The van der Waals surface area contributed by atoms with Gasteiger partial charge in [-0.15, -0.1) is 0 Å². The van der Waals surface area contributed by atoms with Crippen LogP contribution in [0.15, 0.2) is 102 Å². The van der Waals surface area contributed by atoms with E-state index in [2.05, 4.69) is 107 Å². The number of nitrogens with zero attached hydrogens (tertiary/aromatic N) is 3. The Morgan fingerprint density at radius 1 is 0.833 bits per heavy atom. The number of esters is 1. The van der Waals surface area contributed by atoms with Crippen molar-refractivity contribution >= 4 is 69.5 Å². The second-order valence-electron chi connectivity index (χ2n) is 17.3. The summed E-state index contributed by atoms with van der Waals surface area (Å²) in [6.07, 6.45) is 11.0. The van der Waals surface area contributed by atoms with Gasteiger partial charge in [-0.05, 0) is 102 Å². The van der Waals surface area contributed by atoms with Crippen molar-refractivity contribution in [2.45, 2.75) is 83.2 Å². The molecule has 0 N–H and O–H groups in total. The third-order valence-electron chi connectivity index (χ3n) is 11.2. The summed E-state index contributed by atoms with van der Waals surface area (Å²) in [5.41, 5.74) is 8.45. The number of rotatable bonds is 21. The highest BCUT2D eigenvalue weighted by atomic mass is 33.1. The van der Waals surface area contributed by atoms with E-state index in [0.29, 0.717) is 56.9 Å². The first kappa shape index (κ1) is 46.9. The first-order valence-corrected chi connectivity index (χ1v) is 26.4. The molecule has 0 radical (unpaired) electrons. The number of fused-ring (bicyclic) bond motifs is 2. The van der Waals surface area contributed by atoms with Crippen LogP contribution in [0, 0.1) is 0 Å². The van der Waals surface area contributed by atoms with Crippen molar-refractivity contribution in [1.82, 2.24) is 4.90 Å². The fraction of sp³-hybridized carbons (Fsp3) is 0.429. The summed E-state index contributed by atoms with van der Waals surface area (Å²) in [7, 11) is 11.4. The third kappa shape index (κ3) is 12.5. The average molecular weight is 867 g/mol. The standard InChI is InChI=1S/C49H64N3O5S2Si/c1-49(2,59-58-35-56-31-16-15-23-46(54)57-34-36-18-11-10-12-19-36)29-28-39(53)20-17-30-52(7)48(55)41-22-14-13-21-40(41)47-42-26-24-37(50(3)4)32-44(42)60(8,9)45-33-38(51(5)6)25-27-43(45)47/h10-14,18-19,21-22,24-27,32-33H,15-17,20,23,28-31,34-35H2,1-9H3/q+1. The summed E-state index contributed by atoms with van der Waals surface area (Å²) < 4.78 is 13.2. The minimum Gasteiger partial charge on any atom is -0.461 e. The topological polar surface area (TPSA) is 79.2 Å². The summed E-state index contributed by atoms with van der Waals surface area (Å²) in [6.45, 7) is 10.6. The van der Waals surface area contributed by atoms with Crippen molar-refractivity contribution < 1.29 is 28.4 Å². The Hall–Kier alpha value is -4.16. The van der Waals surface area contributed by atoms with Crippen molar-refractivity contribution in [2.24, 2.45) is 0 Å². The van der Waals surface area contributed by atoms with Crippen LogP contribution >= 0.6 is 21.6 Å². The van der Waals surface area contributed by atoms with Crippen LogP contribution < -0.4 is 10.1 Å². The molecule has 320 valence electrons. The van der Waals surface area contributed by atoms with Gasteiger partial charge in [-0.3, -0.25) is 14.4 Å². The van der Waals surface area contributed by atoms with Crippen molar-refractivity contribution in [2.75, 3.05) is 59.2 Å². The lowest BCUT2D eigenvalue weighted by Gasteiger charge is -2.38. The fourth-order valence-electron chi connectivity index (χ4n) is 7.55. The van der Waals surface area contributed by atoms with Crippen LogP contribution in [0.25, 0.3) is 5.57 Å². The van der Waals surface area contributed by atoms with Crippen LogP contribution in [-0.2, 0) is 25.7 Å². The highest BCUT2D eigenvalue weighted by molar-refractivity contribution is 8.77. The number of ether oxygens (including phenoxy) is 2. The molecule has 0 aromatic heterocycles. The van der Waals surface area contributed by atoms with E-state index in [1.54, 1.807) is 26.5 Å². The van der Waals surface area contributed by atoms with E-state index in [0.717, 1.165) is 36.0 Å². The van der Waals surface area contributed by atoms with Crippen molar-refractivity contribution in [1.29, 1.82) is 0 Å². The number of carbonyl (C=O) groups is 3. The summed E-state index contributed by atoms with van der Waals surface area (Å²) in [5.74, 6) is 0.554. The number of ketones is 1. The number of allylic oxidation sites excluding steroid dienone is 5. The molecule has 0 spiro atoms. The maximum Gasteiger partial charge on any atom is 0.306 e. The Balaban J connectivity index is 1.10. The quantitative estimate of drug-likeness (QED) is 0.0262. The second-order valence-corrected chi connectivity index (χ2v) is 24.5. The number of benzene rings is 3. The van der Waals surface area contributed by atoms with Crippen molar-refractivity contribution in [3.8, 4) is 0 Å². The summed E-state index contributed by atoms with van der Waals surface area (Å²) in [5, 5.41) is 2.75. The van der Waals surface area contributed by atoms with Gasteiger partial charge in [-0.2, -0.15) is 0 Å². The molecular formula is C49H64N3O5S2Si+. The number of unbranched alkanes of at least 4 members (excludes halogenated alkanes) is 1. The predicted octanol–water partition coefficient (Wildman–Crippen LogP) is 9.48. The zero-order chi connectivity index (χ0) is 43.5. The van der Waals surface area contributed by atoms with E-state index in [1.807, 2.05) is 55.6 Å². The molecule has 60 heavy (non-hydrogen) atoms. The van der Waals surface area contributed by atoms with Crippen LogP contribution in [0.4, 0.5) is 5.69 Å². The number of carbonyl (C=O) groups excluding carboxylic acids is 3. The van der Waals surface area contributed by atoms with E-state index in [1.165, 1.54) is 32.9 Å². The lowest BCUT2D eigenvalue weighted by Crippen LogP contribution is -2.49. The van der Waals surface area contributed by atoms with Crippen LogP contribution in [0.3, 0.4) is 0 Å². The molecule has 1 amide bonds. The number of Topliss-reactive ketones (excluding diaryl/α,β-unsaturated/α-hetero) is 1. The molecule has 0 fully saturated rings. The molecule has 3 aromatic rings. The second kappa shape index (κ2) is 21.6. The maximum absolute atomic E-state index is 14.3. The van der Waals surface area contributed by atoms with Gasteiger partial charge in [-0.25, -0.2) is 4.58 Å². The smallest absolute Gasteiger partial charge is 0.306 e. The molecule has 0 bridgehead atoms.